The van der Waals surface area contributed by atoms with E-state index < -0.39 is 6.10 Å². The maximum atomic E-state index is 12.8. The molecule has 428 valence electrons. The summed E-state index contributed by atoms with van der Waals surface area (Å²) in [6, 6.07) is 0. The lowest BCUT2D eigenvalue weighted by molar-refractivity contribution is -0.167. The zero-order valence-corrected chi connectivity index (χ0v) is 49.0. The molecule has 0 N–H and O–H groups in total. The van der Waals surface area contributed by atoms with Crippen LogP contribution in [0.1, 0.15) is 290 Å². The molecule has 75 heavy (non-hydrogen) atoms. The van der Waals surface area contributed by atoms with Crippen molar-refractivity contribution in [2.24, 2.45) is 0 Å². The van der Waals surface area contributed by atoms with E-state index in [0.717, 1.165) is 128 Å². The van der Waals surface area contributed by atoms with Crippen molar-refractivity contribution >= 4 is 17.9 Å². The second kappa shape index (κ2) is 62.6. The topological polar surface area (TPSA) is 78.9 Å². The Kier molecular flexibility index (Phi) is 59.3. The van der Waals surface area contributed by atoms with Gasteiger partial charge in [0, 0.05) is 19.3 Å². The summed E-state index contributed by atoms with van der Waals surface area (Å²) in [5.41, 5.74) is 0. The van der Waals surface area contributed by atoms with Crippen LogP contribution < -0.4 is 0 Å². The molecule has 0 spiro atoms. The third-order valence-electron chi connectivity index (χ3n) is 13.3. The first-order chi connectivity index (χ1) is 37.0. The average Bonchev–Trinajstić information content (AvgIpc) is 3.41. The zero-order chi connectivity index (χ0) is 54.3. The lowest BCUT2D eigenvalue weighted by Gasteiger charge is -2.18. The fourth-order valence-corrected chi connectivity index (χ4v) is 8.57. The summed E-state index contributed by atoms with van der Waals surface area (Å²) in [5.74, 6) is -0.895. The second-order valence-electron chi connectivity index (χ2n) is 20.6. The Balaban J connectivity index is 4.21. The minimum absolute atomic E-state index is 0.0814. The van der Waals surface area contributed by atoms with Crippen molar-refractivity contribution in [3.63, 3.8) is 0 Å². The Morgan fingerprint density at radius 1 is 0.280 bits per heavy atom. The van der Waals surface area contributed by atoms with Crippen molar-refractivity contribution in [1.29, 1.82) is 0 Å². The van der Waals surface area contributed by atoms with E-state index in [9.17, 15) is 14.4 Å². The Labute approximate surface area is 463 Å². The van der Waals surface area contributed by atoms with Gasteiger partial charge < -0.3 is 14.2 Å². The molecule has 0 saturated heterocycles. The first-order valence-corrected chi connectivity index (χ1v) is 31.4. The molecular formula is C69H116O6. The third kappa shape index (κ3) is 60.8. The Morgan fingerprint density at radius 3 is 0.840 bits per heavy atom. The summed E-state index contributed by atoms with van der Waals surface area (Å²) in [5, 5.41) is 0. The van der Waals surface area contributed by atoms with Gasteiger partial charge in [-0.15, -0.1) is 0 Å². The van der Waals surface area contributed by atoms with E-state index in [2.05, 4.69) is 130 Å². The molecule has 6 heteroatoms. The number of rotatable bonds is 56. The van der Waals surface area contributed by atoms with Crippen LogP contribution in [0.5, 0.6) is 0 Å². The van der Waals surface area contributed by atoms with Crippen LogP contribution in [0.25, 0.3) is 0 Å². The van der Waals surface area contributed by atoms with Crippen LogP contribution in [-0.4, -0.2) is 37.2 Å². The van der Waals surface area contributed by atoms with E-state index in [1.807, 2.05) is 0 Å². The highest BCUT2D eigenvalue weighted by Crippen LogP contribution is 2.15. The molecule has 0 aromatic carbocycles. The molecule has 0 fully saturated rings. The van der Waals surface area contributed by atoms with Gasteiger partial charge in [0.05, 0.1) is 0 Å². The van der Waals surface area contributed by atoms with Gasteiger partial charge in [0.15, 0.2) is 6.10 Å². The van der Waals surface area contributed by atoms with E-state index in [-0.39, 0.29) is 31.1 Å². The average molecular weight is 1040 g/mol. The molecule has 0 aliphatic rings. The van der Waals surface area contributed by atoms with Crippen LogP contribution >= 0.6 is 0 Å². The Morgan fingerprint density at radius 2 is 0.520 bits per heavy atom. The molecule has 0 aliphatic heterocycles. The van der Waals surface area contributed by atoms with Gasteiger partial charge in [0.1, 0.15) is 13.2 Å². The van der Waals surface area contributed by atoms with Gasteiger partial charge in [-0.1, -0.05) is 271 Å². The highest BCUT2D eigenvalue weighted by Gasteiger charge is 2.19. The van der Waals surface area contributed by atoms with Crippen molar-refractivity contribution in [2.75, 3.05) is 13.2 Å². The van der Waals surface area contributed by atoms with E-state index in [4.69, 9.17) is 14.2 Å². The van der Waals surface area contributed by atoms with Gasteiger partial charge in [-0.2, -0.15) is 0 Å². The number of carbonyl (C=O) groups is 3. The van der Waals surface area contributed by atoms with E-state index >= 15 is 0 Å². The normalized spacial score (nSPS) is 12.8. The standard InChI is InChI=1S/C69H116O6/c1-4-7-10-13-16-19-22-24-25-26-27-28-29-30-31-32-33-34-35-36-37-38-39-40-41-42-43-45-47-50-53-56-59-62-68(71)74-65-66(64-73-67(70)61-58-55-52-49-46-21-18-15-12-9-6-3)75-69(72)63-60-57-54-51-48-44-23-20-17-14-11-8-5-2/h7,10,16,19-20,23-25,27-28,30-31,33-34,36-37,39-40,66H,4-6,8-9,11-15,17-18,21-22,26,29,32,35,38,41-65H2,1-3H3/b10-7-,19-16-,23-20-,25-24-,28-27-,31-30-,34-33-,37-36-,40-39-. The predicted molar refractivity (Wildman–Crippen MR) is 325 cm³/mol. The first kappa shape index (κ1) is 71.1. The van der Waals surface area contributed by atoms with Gasteiger partial charge in [0.2, 0.25) is 0 Å². The fraction of sp³-hybridized carbons (Fsp3) is 0.696. The SMILES string of the molecule is CC/C=C\C/C=C\C/C=C\C/C=C\C/C=C\C/C=C\C/C=C\C/C=C\CCCCCCCCCCC(=O)OCC(COC(=O)CCCCCCCCCCCCC)OC(=O)CCCCCCC/C=C\CCCCCC. The van der Waals surface area contributed by atoms with Gasteiger partial charge >= 0.3 is 17.9 Å². The number of carbonyl (C=O) groups excluding carboxylic acids is 3. The van der Waals surface area contributed by atoms with Gasteiger partial charge in [0.25, 0.3) is 0 Å². The molecule has 6 nitrogen and oxygen atoms in total. The van der Waals surface area contributed by atoms with Crippen LogP contribution in [0.2, 0.25) is 0 Å². The zero-order valence-electron chi connectivity index (χ0n) is 49.0. The van der Waals surface area contributed by atoms with Crippen molar-refractivity contribution < 1.29 is 28.6 Å². The predicted octanol–water partition coefficient (Wildman–Crippen LogP) is 21.4. The maximum absolute atomic E-state index is 12.8. The fourth-order valence-electron chi connectivity index (χ4n) is 8.57. The lowest BCUT2D eigenvalue weighted by atomic mass is 10.1. The van der Waals surface area contributed by atoms with Crippen molar-refractivity contribution in [2.45, 2.75) is 297 Å². The molecule has 1 unspecified atom stereocenters. The maximum Gasteiger partial charge on any atom is 0.306 e. The van der Waals surface area contributed by atoms with Crippen molar-refractivity contribution in [1.82, 2.24) is 0 Å². The van der Waals surface area contributed by atoms with Crippen LogP contribution in [-0.2, 0) is 28.6 Å². The van der Waals surface area contributed by atoms with E-state index in [1.165, 1.54) is 122 Å². The largest absolute Gasteiger partial charge is 0.462 e. The molecule has 0 aromatic rings. The second-order valence-corrected chi connectivity index (χ2v) is 20.6. The van der Waals surface area contributed by atoms with Crippen LogP contribution in [0.4, 0.5) is 0 Å². The van der Waals surface area contributed by atoms with Crippen LogP contribution in [0.15, 0.2) is 109 Å². The molecule has 0 aromatic heterocycles. The van der Waals surface area contributed by atoms with Gasteiger partial charge in [-0.3, -0.25) is 14.4 Å². The Hall–Kier alpha value is -3.93. The Bertz CT molecular complexity index is 1520. The minimum atomic E-state index is -0.784. The quantitative estimate of drug-likeness (QED) is 0.0261. The summed E-state index contributed by atoms with van der Waals surface area (Å²) < 4.78 is 16.8. The summed E-state index contributed by atoms with van der Waals surface area (Å²) >= 11 is 0. The number of hydrogen-bond donors (Lipinski definition) is 0. The molecular weight excluding hydrogens is 925 g/mol. The van der Waals surface area contributed by atoms with Crippen molar-refractivity contribution in [3.8, 4) is 0 Å². The number of ether oxygens (including phenoxy) is 3. The summed E-state index contributed by atoms with van der Waals surface area (Å²) in [6.07, 6.45) is 85.3. The van der Waals surface area contributed by atoms with E-state index in [0.29, 0.717) is 19.3 Å². The van der Waals surface area contributed by atoms with Crippen LogP contribution in [0.3, 0.4) is 0 Å². The highest BCUT2D eigenvalue weighted by molar-refractivity contribution is 5.71. The van der Waals surface area contributed by atoms with Crippen molar-refractivity contribution in [3.05, 3.63) is 109 Å². The smallest absolute Gasteiger partial charge is 0.306 e. The molecule has 0 heterocycles. The third-order valence-corrected chi connectivity index (χ3v) is 13.3. The summed E-state index contributed by atoms with van der Waals surface area (Å²) in [6.45, 7) is 6.50. The number of unbranched alkanes of at least 4 members (excludes halogenated alkanes) is 27. The molecule has 0 bridgehead atoms. The number of hydrogen-bond acceptors (Lipinski definition) is 6. The summed E-state index contributed by atoms with van der Waals surface area (Å²) in [4.78, 5) is 38.1. The molecule has 0 amide bonds. The van der Waals surface area contributed by atoms with Gasteiger partial charge in [-0.05, 0) is 109 Å². The highest BCUT2D eigenvalue weighted by atomic mass is 16.6. The monoisotopic (exact) mass is 1040 g/mol. The molecule has 0 saturated carbocycles. The minimum Gasteiger partial charge on any atom is -0.462 e. The molecule has 0 rings (SSSR count). The van der Waals surface area contributed by atoms with E-state index in [1.54, 1.807) is 0 Å². The van der Waals surface area contributed by atoms with Gasteiger partial charge in [-0.25, -0.2) is 0 Å². The first-order valence-electron chi connectivity index (χ1n) is 31.4. The number of allylic oxidation sites excluding steroid dienone is 18. The molecule has 0 radical (unpaired) electrons. The number of esters is 3. The lowest BCUT2D eigenvalue weighted by Crippen LogP contribution is -2.30. The molecule has 1 atom stereocenters. The summed E-state index contributed by atoms with van der Waals surface area (Å²) in [7, 11) is 0. The van der Waals surface area contributed by atoms with Crippen LogP contribution in [0, 0.1) is 0 Å². The molecule has 0 aliphatic carbocycles.